The molecule has 1 atom stereocenters. The minimum atomic E-state index is -1.02. The van der Waals surface area contributed by atoms with E-state index in [-0.39, 0.29) is 30.1 Å². The van der Waals surface area contributed by atoms with Crippen LogP contribution in [0.15, 0.2) is 84.9 Å². The highest BCUT2D eigenvalue weighted by molar-refractivity contribution is 5.98. The third-order valence-corrected chi connectivity index (χ3v) is 6.39. The smallest absolute Gasteiger partial charge is 0.269 e. The van der Waals surface area contributed by atoms with Gasteiger partial charge in [-0.3, -0.25) is 19.7 Å². The standard InChI is InChI=1S/C28H29N3O4/c32-27(29-24-16-8-3-9-17-24)26(23-15-10-18-25(19-23)31(34)35)30(20-21-11-4-1-5-12-21)28(33)22-13-6-2-7-14-22/h1-2,4-7,10-15,18-19,24,26H,3,8-9,16-17,20H2,(H,29,32). The van der Waals surface area contributed by atoms with Crippen LogP contribution in [0.5, 0.6) is 0 Å². The van der Waals surface area contributed by atoms with Gasteiger partial charge in [0.1, 0.15) is 6.04 Å². The molecule has 1 N–H and O–H groups in total. The number of nitro benzene ring substituents is 1. The Kier molecular flexibility index (Phi) is 7.88. The Labute approximate surface area is 204 Å². The van der Waals surface area contributed by atoms with Gasteiger partial charge in [-0.15, -0.1) is 0 Å². The molecule has 3 aromatic rings. The third-order valence-electron chi connectivity index (χ3n) is 6.39. The Hall–Kier alpha value is -4.00. The molecule has 4 rings (SSSR count). The number of nitrogens with one attached hydrogen (secondary N) is 1. The second kappa shape index (κ2) is 11.4. The summed E-state index contributed by atoms with van der Waals surface area (Å²) in [5, 5.41) is 14.6. The summed E-state index contributed by atoms with van der Waals surface area (Å²) in [5.41, 5.74) is 1.60. The molecule has 1 saturated carbocycles. The van der Waals surface area contributed by atoms with Gasteiger partial charge in [0.2, 0.25) is 5.91 Å². The minimum absolute atomic E-state index is 0.0304. The highest BCUT2D eigenvalue weighted by atomic mass is 16.6. The van der Waals surface area contributed by atoms with Gasteiger partial charge < -0.3 is 10.2 Å². The van der Waals surface area contributed by atoms with Gasteiger partial charge in [0.15, 0.2) is 0 Å². The van der Waals surface area contributed by atoms with Crippen molar-refractivity contribution in [2.24, 2.45) is 0 Å². The van der Waals surface area contributed by atoms with E-state index < -0.39 is 11.0 Å². The molecule has 0 spiro atoms. The molecule has 180 valence electrons. The van der Waals surface area contributed by atoms with Gasteiger partial charge >= 0.3 is 0 Å². The van der Waals surface area contributed by atoms with Crippen LogP contribution in [0, 0.1) is 10.1 Å². The zero-order chi connectivity index (χ0) is 24.6. The van der Waals surface area contributed by atoms with Crippen LogP contribution in [0.1, 0.15) is 59.6 Å². The molecule has 0 aliphatic heterocycles. The van der Waals surface area contributed by atoms with E-state index in [1.807, 2.05) is 36.4 Å². The lowest BCUT2D eigenvalue weighted by molar-refractivity contribution is -0.384. The summed E-state index contributed by atoms with van der Waals surface area (Å²) in [6, 6.07) is 23.3. The fourth-order valence-electron chi connectivity index (χ4n) is 4.62. The lowest BCUT2D eigenvalue weighted by Crippen LogP contribution is -2.46. The van der Waals surface area contributed by atoms with Gasteiger partial charge in [0.25, 0.3) is 11.6 Å². The molecule has 7 heteroatoms. The maximum atomic E-state index is 13.8. The maximum absolute atomic E-state index is 13.8. The summed E-state index contributed by atoms with van der Waals surface area (Å²) in [5.74, 6) is -0.637. The maximum Gasteiger partial charge on any atom is 0.269 e. The van der Waals surface area contributed by atoms with Crippen molar-refractivity contribution in [2.75, 3.05) is 0 Å². The van der Waals surface area contributed by atoms with Crippen LogP contribution < -0.4 is 5.32 Å². The van der Waals surface area contributed by atoms with Gasteiger partial charge in [0.05, 0.1) is 4.92 Å². The Morgan fingerprint density at radius 2 is 1.57 bits per heavy atom. The van der Waals surface area contributed by atoms with Crippen molar-refractivity contribution >= 4 is 17.5 Å². The molecular weight excluding hydrogens is 442 g/mol. The fourth-order valence-corrected chi connectivity index (χ4v) is 4.62. The van der Waals surface area contributed by atoms with Crippen molar-refractivity contribution < 1.29 is 14.5 Å². The van der Waals surface area contributed by atoms with Crippen molar-refractivity contribution in [1.82, 2.24) is 10.2 Å². The van der Waals surface area contributed by atoms with E-state index in [4.69, 9.17) is 0 Å². The predicted octanol–water partition coefficient (Wildman–Crippen LogP) is 5.43. The van der Waals surface area contributed by atoms with E-state index >= 15 is 0 Å². The van der Waals surface area contributed by atoms with Gasteiger partial charge in [-0.1, -0.05) is 79.9 Å². The Morgan fingerprint density at radius 3 is 2.23 bits per heavy atom. The average molecular weight is 472 g/mol. The molecule has 2 amide bonds. The molecule has 1 aliphatic rings. The van der Waals surface area contributed by atoms with Gasteiger partial charge in [-0.25, -0.2) is 0 Å². The molecular formula is C28H29N3O4. The lowest BCUT2D eigenvalue weighted by atomic mass is 9.94. The van der Waals surface area contributed by atoms with Crippen LogP contribution in [0.2, 0.25) is 0 Å². The number of rotatable bonds is 8. The highest BCUT2D eigenvalue weighted by Crippen LogP contribution is 2.29. The van der Waals surface area contributed by atoms with Gasteiger partial charge in [-0.05, 0) is 36.1 Å². The van der Waals surface area contributed by atoms with Crippen molar-refractivity contribution in [2.45, 2.75) is 50.7 Å². The van der Waals surface area contributed by atoms with E-state index in [0.29, 0.717) is 11.1 Å². The molecule has 0 radical (unpaired) electrons. The summed E-state index contributed by atoms with van der Waals surface area (Å²) in [4.78, 5) is 40.1. The van der Waals surface area contributed by atoms with E-state index in [2.05, 4.69) is 5.32 Å². The first kappa shape index (κ1) is 24.1. The topological polar surface area (TPSA) is 92.5 Å². The normalized spacial score (nSPS) is 14.6. The van der Waals surface area contributed by atoms with Gasteiger partial charge in [0, 0.05) is 30.3 Å². The number of carbonyl (C=O) groups is 2. The Bertz CT molecular complexity index is 1160. The van der Waals surface area contributed by atoms with Crippen molar-refractivity contribution in [3.63, 3.8) is 0 Å². The molecule has 1 fully saturated rings. The van der Waals surface area contributed by atoms with E-state index in [0.717, 1.165) is 37.7 Å². The van der Waals surface area contributed by atoms with E-state index in [1.54, 1.807) is 36.4 Å². The molecule has 1 aliphatic carbocycles. The molecule has 1 unspecified atom stereocenters. The number of hydrogen-bond donors (Lipinski definition) is 1. The largest absolute Gasteiger partial charge is 0.351 e. The molecule has 0 saturated heterocycles. The van der Waals surface area contributed by atoms with Crippen LogP contribution >= 0.6 is 0 Å². The molecule has 3 aromatic carbocycles. The Balaban J connectivity index is 1.77. The first-order valence-corrected chi connectivity index (χ1v) is 12.0. The molecule has 0 heterocycles. The van der Waals surface area contributed by atoms with E-state index in [1.165, 1.54) is 17.0 Å². The van der Waals surface area contributed by atoms with Gasteiger partial charge in [-0.2, -0.15) is 0 Å². The van der Waals surface area contributed by atoms with Crippen molar-refractivity contribution in [3.05, 3.63) is 112 Å². The van der Waals surface area contributed by atoms with Crippen LogP contribution in [-0.4, -0.2) is 27.7 Å². The predicted molar refractivity (Wildman–Crippen MR) is 134 cm³/mol. The second-order valence-electron chi connectivity index (χ2n) is 8.88. The number of nitro groups is 1. The summed E-state index contributed by atoms with van der Waals surface area (Å²) in [6.07, 6.45) is 5.01. The van der Waals surface area contributed by atoms with Crippen LogP contribution in [-0.2, 0) is 11.3 Å². The van der Waals surface area contributed by atoms with Crippen LogP contribution in [0.25, 0.3) is 0 Å². The zero-order valence-electron chi connectivity index (χ0n) is 19.5. The van der Waals surface area contributed by atoms with Crippen LogP contribution in [0.4, 0.5) is 5.69 Å². The summed E-state index contributed by atoms with van der Waals surface area (Å²) in [7, 11) is 0. The fraction of sp³-hybridized carbons (Fsp3) is 0.286. The first-order chi connectivity index (χ1) is 17.0. The number of non-ortho nitro benzene ring substituents is 1. The number of nitrogens with zero attached hydrogens (tertiary/aromatic N) is 2. The molecule has 7 nitrogen and oxygen atoms in total. The monoisotopic (exact) mass is 471 g/mol. The van der Waals surface area contributed by atoms with Crippen molar-refractivity contribution in [1.29, 1.82) is 0 Å². The number of carbonyl (C=O) groups excluding carboxylic acids is 2. The minimum Gasteiger partial charge on any atom is -0.351 e. The highest BCUT2D eigenvalue weighted by Gasteiger charge is 2.34. The molecule has 0 bridgehead atoms. The lowest BCUT2D eigenvalue weighted by Gasteiger charge is -2.33. The first-order valence-electron chi connectivity index (χ1n) is 12.0. The summed E-state index contributed by atoms with van der Waals surface area (Å²) >= 11 is 0. The Morgan fingerprint density at radius 1 is 0.914 bits per heavy atom. The van der Waals surface area contributed by atoms with Crippen LogP contribution in [0.3, 0.4) is 0 Å². The number of hydrogen-bond acceptors (Lipinski definition) is 4. The number of amides is 2. The quantitative estimate of drug-likeness (QED) is 0.350. The molecule has 35 heavy (non-hydrogen) atoms. The second-order valence-corrected chi connectivity index (χ2v) is 8.88. The summed E-state index contributed by atoms with van der Waals surface area (Å²) < 4.78 is 0. The number of benzene rings is 3. The van der Waals surface area contributed by atoms with Crippen molar-refractivity contribution in [3.8, 4) is 0 Å². The zero-order valence-corrected chi connectivity index (χ0v) is 19.5. The van der Waals surface area contributed by atoms with E-state index in [9.17, 15) is 19.7 Å². The third kappa shape index (κ3) is 6.12. The summed E-state index contributed by atoms with van der Waals surface area (Å²) in [6.45, 7) is 0.181. The average Bonchev–Trinajstić information content (AvgIpc) is 2.90. The SMILES string of the molecule is O=C(NC1CCCCC1)C(c1cccc([N+](=O)[O-])c1)N(Cc1ccccc1)C(=O)c1ccccc1. The molecule has 0 aromatic heterocycles.